The summed E-state index contributed by atoms with van der Waals surface area (Å²) in [7, 11) is 0. The summed E-state index contributed by atoms with van der Waals surface area (Å²) in [6.45, 7) is 1.46. The Morgan fingerprint density at radius 1 is 1.29 bits per heavy atom. The number of hydrogen-bond donors (Lipinski definition) is 1. The first-order valence-corrected chi connectivity index (χ1v) is 8.52. The van der Waals surface area contributed by atoms with E-state index in [1.165, 1.54) is 25.1 Å². The minimum atomic E-state index is -1.03. The predicted octanol–water partition coefficient (Wildman–Crippen LogP) is 3.88. The van der Waals surface area contributed by atoms with Crippen molar-refractivity contribution in [2.24, 2.45) is 0 Å². The normalized spacial score (nSPS) is 17.4. The molecular formula is C17H18Cl2N2O3. The van der Waals surface area contributed by atoms with Crippen molar-refractivity contribution in [3.63, 3.8) is 0 Å². The second-order valence-corrected chi connectivity index (χ2v) is 6.76. The van der Waals surface area contributed by atoms with Gasteiger partial charge < -0.3 is 10.1 Å². The van der Waals surface area contributed by atoms with Gasteiger partial charge >= 0.3 is 5.97 Å². The number of nitrogens with zero attached hydrogens (tertiary/aromatic N) is 1. The van der Waals surface area contributed by atoms with Crippen LogP contribution in [0.25, 0.3) is 0 Å². The number of esters is 1. The van der Waals surface area contributed by atoms with Crippen LogP contribution in [-0.4, -0.2) is 23.5 Å². The van der Waals surface area contributed by atoms with Crippen molar-refractivity contribution in [3.05, 3.63) is 33.8 Å². The number of nitrogens with one attached hydrogen (secondary N) is 1. The van der Waals surface area contributed by atoms with Crippen LogP contribution < -0.4 is 5.32 Å². The summed E-state index contributed by atoms with van der Waals surface area (Å²) in [6, 6.07) is 6.58. The van der Waals surface area contributed by atoms with Gasteiger partial charge in [0.25, 0.3) is 5.91 Å². The molecule has 1 aromatic carbocycles. The number of hydrogen-bond acceptors (Lipinski definition) is 4. The molecule has 1 aliphatic carbocycles. The fourth-order valence-corrected chi connectivity index (χ4v) is 3.18. The first-order chi connectivity index (χ1) is 11.4. The highest BCUT2D eigenvalue weighted by Gasteiger charge is 2.35. The topological polar surface area (TPSA) is 79.2 Å². The van der Waals surface area contributed by atoms with Gasteiger partial charge in [-0.05, 0) is 38.0 Å². The molecule has 0 heterocycles. The zero-order valence-corrected chi connectivity index (χ0v) is 14.8. The largest absolute Gasteiger partial charge is 0.449 e. The van der Waals surface area contributed by atoms with E-state index in [1.54, 1.807) is 0 Å². The fourth-order valence-electron chi connectivity index (χ4n) is 2.69. The van der Waals surface area contributed by atoms with E-state index in [2.05, 4.69) is 11.4 Å². The van der Waals surface area contributed by atoms with Gasteiger partial charge in [-0.15, -0.1) is 0 Å². The highest BCUT2D eigenvalue weighted by Crippen LogP contribution is 2.28. The first kappa shape index (κ1) is 18.6. The predicted molar refractivity (Wildman–Crippen MR) is 90.9 cm³/mol. The lowest BCUT2D eigenvalue weighted by molar-refractivity contribution is -0.130. The lowest BCUT2D eigenvalue weighted by atomic mass is 9.83. The van der Waals surface area contributed by atoms with Crippen LogP contribution in [0.3, 0.4) is 0 Å². The Bertz CT molecular complexity index is 679. The molecule has 0 aliphatic heterocycles. The van der Waals surface area contributed by atoms with Crippen molar-refractivity contribution in [2.45, 2.75) is 50.7 Å². The van der Waals surface area contributed by atoms with Gasteiger partial charge in [0.05, 0.1) is 16.7 Å². The number of carbonyl (C=O) groups excluding carboxylic acids is 2. The van der Waals surface area contributed by atoms with Gasteiger partial charge in [-0.25, -0.2) is 4.79 Å². The summed E-state index contributed by atoms with van der Waals surface area (Å²) in [4.78, 5) is 24.4. The summed E-state index contributed by atoms with van der Waals surface area (Å²) in [6.07, 6.45) is 3.03. The van der Waals surface area contributed by atoms with E-state index in [-0.39, 0.29) is 10.6 Å². The molecule has 0 unspecified atom stereocenters. The molecule has 128 valence electrons. The third kappa shape index (κ3) is 4.40. The Morgan fingerprint density at radius 2 is 1.96 bits per heavy atom. The maximum absolute atomic E-state index is 12.3. The second-order valence-electron chi connectivity index (χ2n) is 5.92. The lowest BCUT2D eigenvalue weighted by Crippen LogP contribution is -2.52. The third-order valence-corrected chi connectivity index (χ3v) is 4.64. The van der Waals surface area contributed by atoms with E-state index in [0.29, 0.717) is 17.9 Å². The summed E-state index contributed by atoms with van der Waals surface area (Å²) >= 11 is 11.7. The molecule has 0 saturated heterocycles. The molecule has 1 fully saturated rings. The van der Waals surface area contributed by atoms with E-state index in [1.807, 2.05) is 0 Å². The quantitative estimate of drug-likeness (QED) is 0.817. The molecule has 1 atom stereocenters. The molecule has 5 nitrogen and oxygen atoms in total. The Morgan fingerprint density at radius 3 is 2.54 bits per heavy atom. The molecular weight excluding hydrogens is 351 g/mol. The summed E-state index contributed by atoms with van der Waals surface area (Å²) in [5.74, 6) is -1.20. The number of carbonyl (C=O) groups is 2. The molecule has 1 N–H and O–H groups in total. The van der Waals surface area contributed by atoms with Gasteiger partial charge in [0.1, 0.15) is 5.54 Å². The number of rotatable bonds is 4. The molecule has 2 rings (SSSR count). The average molecular weight is 369 g/mol. The van der Waals surface area contributed by atoms with Crippen molar-refractivity contribution in [1.82, 2.24) is 5.32 Å². The van der Waals surface area contributed by atoms with Gasteiger partial charge in [-0.2, -0.15) is 5.26 Å². The Kier molecular flexibility index (Phi) is 6.09. The lowest BCUT2D eigenvalue weighted by Gasteiger charge is -2.32. The number of ether oxygens (including phenoxy) is 1. The van der Waals surface area contributed by atoms with Crippen LogP contribution >= 0.6 is 23.2 Å². The first-order valence-electron chi connectivity index (χ1n) is 7.76. The van der Waals surface area contributed by atoms with Gasteiger partial charge in [-0.3, -0.25) is 4.79 Å². The highest BCUT2D eigenvalue weighted by molar-refractivity contribution is 6.36. The number of halogens is 2. The molecule has 1 aliphatic rings. The minimum Gasteiger partial charge on any atom is -0.449 e. The van der Waals surface area contributed by atoms with Crippen molar-refractivity contribution < 1.29 is 14.3 Å². The van der Waals surface area contributed by atoms with Gasteiger partial charge in [0.15, 0.2) is 6.10 Å². The van der Waals surface area contributed by atoms with Crippen LogP contribution in [0.15, 0.2) is 18.2 Å². The Labute approximate surface area is 150 Å². The van der Waals surface area contributed by atoms with Gasteiger partial charge in [0.2, 0.25) is 0 Å². The molecule has 7 heteroatoms. The molecule has 0 bridgehead atoms. The molecule has 24 heavy (non-hydrogen) atoms. The third-order valence-electron chi connectivity index (χ3n) is 4.09. The van der Waals surface area contributed by atoms with Crippen molar-refractivity contribution in [1.29, 1.82) is 5.26 Å². The maximum atomic E-state index is 12.3. The van der Waals surface area contributed by atoms with E-state index < -0.39 is 23.5 Å². The van der Waals surface area contributed by atoms with Crippen molar-refractivity contribution in [3.8, 4) is 6.07 Å². The number of amides is 1. The van der Waals surface area contributed by atoms with Gasteiger partial charge in [-0.1, -0.05) is 42.5 Å². The molecule has 1 aromatic rings. The van der Waals surface area contributed by atoms with Crippen LogP contribution in [0.4, 0.5) is 0 Å². The van der Waals surface area contributed by atoms with Crippen LogP contribution in [0.2, 0.25) is 10.0 Å². The van der Waals surface area contributed by atoms with Crippen LogP contribution in [0.5, 0.6) is 0 Å². The minimum absolute atomic E-state index is 0.133. The Balaban J connectivity index is 2.00. The highest BCUT2D eigenvalue weighted by atomic mass is 35.5. The zero-order chi connectivity index (χ0) is 17.7. The summed E-state index contributed by atoms with van der Waals surface area (Å²) in [5.41, 5.74) is -0.734. The summed E-state index contributed by atoms with van der Waals surface area (Å²) < 4.78 is 5.16. The molecule has 1 saturated carbocycles. The van der Waals surface area contributed by atoms with Crippen LogP contribution in [-0.2, 0) is 9.53 Å². The van der Waals surface area contributed by atoms with Crippen molar-refractivity contribution in [2.75, 3.05) is 0 Å². The molecule has 0 radical (unpaired) electrons. The van der Waals surface area contributed by atoms with E-state index >= 15 is 0 Å². The number of nitriles is 1. The van der Waals surface area contributed by atoms with Crippen LogP contribution in [0, 0.1) is 11.3 Å². The van der Waals surface area contributed by atoms with E-state index in [0.717, 1.165) is 19.3 Å². The molecule has 0 aromatic heterocycles. The average Bonchev–Trinajstić information content (AvgIpc) is 2.55. The van der Waals surface area contributed by atoms with Crippen molar-refractivity contribution >= 4 is 35.1 Å². The number of benzene rings is 1. The fraction of sp³-hybridized carbons (Fsp3) is 0.471. The van der Waals surface area contributed by atoms with Crippen LogP contribution in [0.1, 0.15) is 49.4 Å². The SMILES string of the molecule is C[C@@H](OC(=O)c1ccc(Cl)cc1Cl)C(=O)NC1(C#N)CCCCC1. The zero-order valence-electron chi connectivity index (χ0n) is 13.3. The second kappa shape index (κ2) is 7.87. The smallest absolute Gasteiger partial charge is 0.340 e. The van der Waals surface area contributed by atoms with E-state index in [9.17, 15) is 14.9 Å². The summed E-state index contributed by atoms with van der Waals surface area (Å²) in [5, 5.41) is 12.7. The molecule has 1 amide bonds. The van der Waals surface area contributed by atoms with E-state index in [4.69, 9.17) is 27.9 Å². The monoisotopic (exact) mass is 368 g/mol. The maximum Gasteiger partial charge on any atom is 0.340 e. The Hall–Kier alpha value is -1.77. The standard InChI is InChI=1S/C17H18Cl2N2O3/c1-11(15(22)21-17(10-20)7-3-2-4-8-17)24-16(23)13-6-5-12(18)9-14(13)19/h5-6,9,11H,2-4,7-8H2,1H3,(H,21,22)/t11-/m1/s1. The molecule has 0 spiro atoms. The van der Waals surface area contributed by atoms with Gasteiger partial charge in [0, 0.05) is 5.02 Å².